The number of hydrogen-bond donors (Lipinski definition) is 5. The van der Waals surface area contributed by atoms with E-state index < -0.39 is 84.9 Å². The molecule has 3 aromatic rings. The minimum absolute atomic E-state index is 0.0445. The van der Waals surface area contributed by atoms with Crippen molar-refractivity contribution in [3.05, 3.63) is 35.3 Å². The van der Waals surface area contributed by atoms with Gasteiger partial charge in [-0.05, 0) is 37.0 Å². The molecular formula is C33H51N9O12P2Si. The molecule has 1 aliphatic heterocycles. The van der Waals surface area contributed by atoms with Crippen LogP contribution in [0, 0.1) is 23.2 Å². The number of aromatic amines is 1. The molecule has 3 aromatic heterocycles. The smallest absolute Gasteiger partial charge is 0.408 e. The number of fused-ring (bicyclic) bond motifs is 1. The largest absolute Gasteiger partial charge is 0.475 e. The topological polar surface area (TPSA) is 284 Å². The number of hydrogen-bond acceptors (Lipinski definition) is 17. The number of nitriles is 1. The van der Waals surface area contributed by atoms with Gasteiger partial charge in [-0.3, -0.25) is 47.1 Å². The Morgan fingerprint density at radius 2 is 2.00 bits per heavy atom. The fraction of sp³-hybridized carbons (Fsp3) is 0.667. The molecular weight excluding hydrogens is 804 g/mol. The summed E-state index contributed by atoms with van der Waals surface area (Å²) in [6.45, 7) is 12.1. The molecule has 0 bridgehead atoms. The highest BCUT2D eigenvalue weighted by molar-refractivity contribution is 7.48. The Morgan fingerprint density at radius 1 is 1.25 bits per heavy atom. The van der Waals surface area contributed by atoms with E-state index in [2.05, 4.69) is 35.6 Å². The van der Waals surface area contributed by atoms with Crippen LogP contribution < -0.4 is 16.2 Å². The van der Waals surface area contributed by atoms with Crippen LogP contribution in [0.4, 0.5) is 11.8 Å². The summed E-state index contributed by atoms with van der Waals surface area (Å²) < 4.78 is 64.7. The second-order valence-electron chi connectivity index (χ2n) is 15.6. The molecule has 1 aliphatic carbocycles. The lowest BCUT2D eigenvalue weighted by Crippen LogP contribution is -2.50. The summed E-state index contributed by atoms with van der Waals surface area (Å²) in [4.78, 5) is 54.9. The summed E-state index contributed by atoms with van der Waals surface area (Å²) in [6, 6.07) is 3.39. The third kappa shape index (κ3) is 11.0. The minimum atomic E-state index is -4.52. The van der Waals surface area contributed by atoms with E-state index in [1.165, 1.54) is 17.2 Å². The fourth-order valence-electron chi connectivity index (χ4n) is 6.14. The summed E-state index contributed by atoms with van der Waals surface area (Å²) in [5.41, 5.74) is -0.838. The fourth-order valence-corrected chi connectivity index (χ4v) is 9.38. The molecule has 1 saturated carbocycles. The lowest BCUT2D eigenvalue weighted by Gasteiger charge is -2.40. The maximum Gasteiger partial charge on any atom is 0.475 e. The zero-order valence-corrected chi connectivity index (χ0v) is 35.7. The van der Waals surface area contributed by atoms with Crippen molar-refractivity contribution in [1.29, 1.82) is 5.26 Å². The van der Waals surface area contributed by atoms with Crippen LogP contribution in [0.15, 0.2) is 29.7 Å². The Morgan fingerprint density at radius 3 is 2.63 bits per heavy atom. The molecule has 2 fully saturated rings. The van der Waals surface area contributed by atoms with E-state index >= 15 is 0 Å². The minimum Gasteiger partial charge on any atom is -0.408 e. The average molecular weight is 856 g/mol. The predicted octanol–water partition coefficient (Wildman–Crippen LogP) is 3.88. The Balaban J connectivity index is 1.48. The molecule has 5 N–H and O–H groups in total. The lowest BCUT2D eigenvalue weighted by atomic mass is 10.1. The summed E-state index contributed by atoms with van der Waals surface area (Å²) in [5, 5.41) is 24.9. The van der Waals surface area contributed by atoms with Crippen molar-refractivity contribution in [1.82, 2.24) is 29.5 Å². The molecule has 21 nitrogen and oxygen atoms in total. The maximum atomic E-state index is 14.4. The molecule has 1 unspecified atom stereocenters. The van der Waals surface area contributed by atoms with Crippen molar-refractivity contribution in [2.45, 2.75) is 109 Å². The summed E-state index contributed by atoms with van der Waals surface area (Å²) >= 11 is 0. The van der Waals surface area contributed by atoms with E-state index in [1.807, 2.05) is 39.9 Å². The van der Waals surface area contributed by atoms with Crippen LogP contribution in [0.25, 0.3) is 11.2 Å². The first-order valence-electron chi connectivity index (χ1n) is 18.4. The number of phosphoric acid groups is 1. The summed E-state index contributed by atoms with van der Waals surface area (Å²) in [7, 11) is -10.9. The van der Waals surface area contributed by atoms with Gasteiger partial charge in [0.05, 0.1) is 38.1 Å². The highest BCUT2D eigenvalue weighted by Gasteiger charge is 2.53. The first-order chi connectivity index (χ1) is 26.8. The third-order valence-electron chi connectivity index (χ3n) is 10.2. The van der Waals surface area contributed by atoms with Crippen LogP contribution in [-0.2, 0) is 41.2 Å². The Kier molecular flexibility index (Phi) is 14.6. The first kappa shape index (κ1) is 44.6. The number of carbonyl (C=O) groups excluding carboxylic acids is 1. The number of amides is 1. The van der Waals surface area contributed by atoms with Crippen LogP contribution in [0.3, 0.4) is 0 Å². The van der Waals surface area contributed by atoms with Gasteiger partial charge in [0, 0.05) is 30.7 Å². The van der Waals surface area contributed by atoms with E-state index in [1.54, 1.807) is 26.1 Å². The van der Waals surface area contributed by atoms with Crippen LogP contribution in [0.2, 0.25) is 18.1 Å². The van der Waals surface area contributed by atoms with E-state index in [4.69, 9.17) is 27.3 Å². The number of rotatable bonds is 18. The summed E-state index contributed by atoms with van der Waals surface area (Å²) in [6.07, 6.45) is -0.952. The SMILES string of the molecule is CC(C)C(=O)Nc1nc2c(ncn2[C@@H]2O[C@H](CO[P@](=O)(OCCC#N)O[C@H]3C[C@H](Nc4ccncn4)C[C@@H]3CO)[C@@H](O[Si](C)(C)C(C)(C)C)[C@H]2O[PH](=O)O)c(=O)[nH]1. The molecule has 57 heavy (non-hydrogen) atoms. The molecule has 4 heterocycles. The van der Waals surface area contributed by atoms with Gasteiger partial charge in [0.1, 0.15) is 30.5 Å². The van der Waals surface area contributed by atoms with Crippen LogP contribution in [0.1, 0.15) is 60.1 Å². The van der Waals surface area contributed by atoms with Crippen LogP contribution in [0.5, 0.6) is 0 Å². The molecule has 2 aliphatic rings. The highest BCUT2D eigenvalue weighted by Crippen LogP contribution is 2.54. The molecule has 0 radical (unpaired) electrons. The van der Waals surface area contributed by atoms with Crippen molar-refractivity contribution < 1.29 is 51.2 Å². The van der Waals surface area contributed by atoms with Gasteiger partial charge in [0.2, 0.25) is 11.9 Å². The number of aliphatic hydroxyl groups excluding tert-OH is 1. The number of phosphoric ester groups is 1. The molecule has 0 aromatic carbocycles. The van der Waals surface area contributed by atoms with E-state index in [0.29, 0.717) is 18.7 Å². The Labute approximate surface area is 330 Å². The molecule has 1 saturated heterocycles. The van der Waals surface area contributed by atoms with Crippen molar-refractivity contribution >= 4 is 53.2 Å². The molecule has 314 valence electrons. The van der Waals surface area contributed by atoms with Gasteiger partial charge in [-0.1, -0.05) is 34.6 Å². The second-order valence-corrected chi connectivity index (χ2v) is 22.8. The van der Waals surface area contributed by atoms with Gasteiger partial charge in [0.25, 0.3) is 5.56 Å². The first-order valence-corrected chi connectivity index (χ1v) is 24.1. The monoisotopic (exact) mass is 855 g/mol. The molecule has 9 atom stereocenters. The second kappa shape index (κ2) is 18.6. The van der Waals surface area contributed by atoms with Crippen LogP contribution >= 0.6 is 16.1 Å². The van der Waals surface area contributed by atoms with Gasteiger partial charge < -0.3 is 24.5 Å². The van der Waals surface area contributed by atoms with Crippen molar-refractivity contribution in [2.24, 2.45) is 11.8 Å². The molecule has 24 heteroatoms. The molecule has 1 amide bonds. The average Bonchev–Trinajstić information content (AvgIpc) is 3.82. The van der Waals surface area contributed by atoms with Crippen molar-refractivity contribution in [3.63, 3.8) is 0 Å². The zero-order valence-electron chi connectivity index (χ0n) is 32.8. The summed E-state index contributed by atoms with van der Waals surface area (Å²) in [5.74, 6) is -0.921. The van der Waals surface area contributed by atoms with E-state index in [0.717, 1.165) is 0 Å². The molecule has 0 spiro atoms. The number of nitrogens with one attached hydrogen (secondary N) is 3. The number of anilines is 2. The van der Waals surface area contributed by atoms with E-state index in [9.17, 15) is 34.0 Å². The Bertz CT molecular complexity index is 2030. The Hall–Kier alpha value is -3.45. The standard InChI is InChI=1S/C33H51N9O12P2Si/c1-19(2)29(44)40-32-39-28-25(30(45)41-32)37-18-42(28)31-27(52-55(46)47)26(54-57(6,7)33(3,4)5)23(51-31)16-50-56(48,49-12-8-10-34)53-22-14-21(13-20(22)15-43)38-24-9-11-35-17-36-24/h9,11,17-23,26-27,31,43,55H,8,12-16H2,1-7H3,(H,46,47)(H,35,36,38)(H2,39,40,41,44,45)/t20-,21-,22+,23-,26-,27-,31-,56+/m1/s1. The third-order valence-corrected chi connectivity index (χ3v) is 16.6. The number of imidazole rings is 1. The predicted molar refractivity (Wildman–Crippen MR) is 208 cm³/mol. The number of aliphatic hydroxyl groups is 1. The maximum absolute atomic E-state index is 14.4. The van der Waals surface area contributed by atoms with Crippen molar-refractivity contribution in [2.75, 3.05) is 30.5 Å². The number of nitrogens with zero attached hydrogens (tertiary/aromatic N) is 6. The quantitative estimate of drug-likeness (QED) is 0.0689. The van der Waals surface area contributed by atoms with Crippen molar-refractivity contribution in [3.8, 4) is 6.07 Å². The van der Waals surface area contributed by atoms with Gasteiger partial charge in [-0.25, -0.2) is 19.5 Å². The zero-order chi connectivity index (χ0) is 41.7. The molecule has 5 rings (SSSR count). The number of aromatic nitrogens is 6. The highest BCUT2D eigenvalue weighted by atomic mass is 31.2. The number of ether oxygens (including phenoxy) is 1. The lowest BCUT2D eigenvalue weighted by molar-refractivity contribution is -0.118. The normalized spacial score (nSPS) is 25.7. The van der Waals surface area contributed by atoms with Gasteiger partial charge in [0.15, 0.2) is 25.7 Å². The van der Waals surface area contributed by atoms with E-state index in [-0.39, 0.29) is 47.8 Å². The number of H-pyrrole nitrogens is 1. The van der Waals surface area contributed by atoms with Gasteiger partial charge >= 0.3 is 16.1 Å². The van der Waals surface area contributed by atoms with Gasteiger partial charge in [-0.2, -0.15) is 10.2 Å². The number of carbonyl (C=O) groups is 1. The van der Waals surface area contributed by atoms with Crippen LogP contribution in [-0.4, -0.2) is 104 Å². The van der Waals surface area contributed by atoms with Gasteiger partial charge in [-0.15, -0.1) is 0 Å².